The Morgan fingerprint density at radius 2 is 2.24 bits per heavy atom. The summed E-state index contributed by atoms with van der Waals surface area (Å²) in [6, 6.07) is 5.59. The van der Waals surface area contributed by atoms with Gasteiger partial charge in [0.1, 0.15) is 11.4 Å². The van der Waals surface area contributed by atoms with Crippen molar-refractivity contribution in [1.82, 2.24) is 15.0 Å². The SMILES string of the molecule is CCCSc1ncc(Br)c(C(=O)Nc2nc3ccc(OC)cc3s2)n1. The van der Waals surface area contributed by atoms with Crippen LogP contribution in [0.4, 0.5) is 5.13 Å². The summed E-state index contributed by atoms with van der Waals surface area (Å²) < 4.78 is 6.70. The highest BCUT2D eigenvalue weighted by Crippen LogP contribution is 2.29. The monoisotopic (exact) mass is 438 g/mol. The third-order valence-corrected chi connectivity index (χ3v) is 5.77. The second-order valence-electron chi connectivity index (χ2n) is 5.00. The molecule has 3 aromatic rings. The zero-order valence-electron chi connectivity index (χ0n) is 13.6. The number of hydrogen-bond acceptors (Lipinski definition) is 7. The number of thioether (sulfide) groups is 1. The van der Waals surface area contributed by atoms with Crippen molar-refractivity contribution in [2.75, 3.05) is 18.2 Å². The number of fused-ring (bicyclic) bond motifs is 1. The van der Waals surface area contributed by atoms with Gasteiger partial charge in [0.15, 0.2) is 10.3 Å². The Bertz CT molecular complexity index is 916. The lowest BCUT2D eigenvalue weighted by molar-refractivity contribution is 0.102. The number of nitrogens with one attached hydrogen (secondary N) is 1. The highest BCUT2D eigenvalue weighted by Gasteiger charge is 2.16. The van der Waals surface area contributed by atoms with Crippen LogP contribution in [-0.2, 0) is 0 Å². The number of benzene rings is 1. The van der Waals surface area contributed by atoms with Gasteiger partial charge in [-0.15, -0.1) is 0 Å². The molecule has 0 saturated heterocycles. The van der Waals surface area contributed by atoms with Crippen molar-refractivity contribution in [2.45, 2.75) is 18.5 Å². The Balaban J connectivity index is 1.82. The van der Waals surface area contributed by atoms with E-state index in [1.165, 1.54) is 23.1 Å². The number of ether oxygens (including phenoxy) is 1. The second-order valence-corrected chi connectivity index (χ2v) is 7.95. The van der Waals surface area contributed by atoms with Crippen molar-refractivity contribution in [3.8, 4) is 5.75 Å². The molecule has 2 aromatic heterocycles. The average Bonchev–Trinajstić information content (AvgIpc) is 3.01. The summed E-state index contributed by atoms with van der Waals surface area (Å²) in [6.07, 6.45) is 2.61. The second kappa shape index (κ2) is 8.11. The van der Waals surface area contributed by atoms with Crippen LogP contribution in [-0.4, -0.2) is 33.7 Å². The van der Waals surface area contributed by atoms with Crippen LogP contribution in [0.3, 0.4) is 0 Å². The Hall–Kier alpha value is -1.71. The van der Waals surface area contributed by atoms with Crippen LogP contribution in [0.2, 0.25) is 0 Å². The van der Waals surface area contributed by atoms with Crippen molar-refractivity contribution < 1.29 is 9.53 Å². The van der Waals surface area contributed by atoms with Gasteiger partial charge in [-0.2, -0.15) is 0 Å². The molecule has 1 amide bonds. The summed E-state index contributed by atoms with van der Waals surface area (Å²) in [4.78, 5) is 25.5. The van der Waals surface area contributed by atoms with Crippen molar-refractivity contribution in [3.63, 3.8) is 0 Å². The first-order valence-corrected chi connectivity index (χ1v) is 10.1. The molecule has 0 bridgehead atoms. The molecule has 0 saturated carbocycles. The van der Waals surface area contributed by atoms with Crippen LogP contribution in [0, 0.1) is 0 Å². The first-order chi connectivity index (χ1) is 12.1. The van der Waals surface area contributed by atoms with Crippen LogP contribution in [0.25, 0.3) is 10.2 Å². The summed E-state index contributed by atoms with van der Waals surface area (Å²) in [5.41, 5.74) is 1.10. The quantitative estimate of drug-likeness (QED) is 0.447. The number of methoxy groups -OCH3 is 1. The van der Waals surface area contributed by atoms with Crippen LogP contribution in [0.15, 0.2) is 34.0 Å². The van der Waals surface area contributed by atoms with Crippen molar-refractivity contribution >= 4 is 60.3 Å². The number of carbonyl (C=O) groups is 1. The smallest absolute Gasteiger partial charge is 0.277 e. The molecule has 0 aliphatic carbocycles. The molecule has 0 aliphatic rings. The third-order valence-electron chi connectivity index (χ3n) is 3.19. The van der Waals surface area contributed by atoms with Gasteiger partial charge in [-0.1, -0.05) is 30.0 Å². The lowest BCUT2D eigenvalue weighted by atomic mass is 10.3. The van der Waals surface area contributed by atoms with Gasteiger partial charge in [0.2, 0.25) is 0 Å². The molecule has 0 radical (unpaired) electrons. The molecular formula is C16H15BrN4O2S2. The first-order valence-electron chi connectivity index (χ1n) is 7.52. The molecule has 0 unspecified atom stereocenters. The highest BCUT2D eigenvalue weighted by atomic mass is 79.9. The van der Waals surface area contributed by atoms with Gasteiger partial charge in [-0.25, -0.2) is 15.0 Å². The largest absolute Gasteiger partial charge is 0.497 e. The van der Waals surface area contributed by atoms with Crippen molar-refractivity contribution in [3.05, 3.63) is 34.6 Å². The molecule has 0 spiro atoms. The Morgan fingerprint density at radius 3 is 3.00 bits per heavy atom. The fraction of sp³-hybridized carbons (Fsp3) is 0.250. The minimum absolute atomic E-state index is 0.297. The normalized spacial score (nSPS) is 10.8. The topological polar surface area (TPSA) is 77.0 Å². The predicted molar refractivity (Wildman–Crippen MR) is 105 cm³/mol. The van der Waals surface area contributed by atoms with E-state index < -0.39 is 0 Å². The van der Waals surface area contributed by atoms with Crippen LogP contribution in [0.1, 0.15) is 23.8 Å². The molecule has 0 fully saturated rings. The lowest BCUT2D eigenvalue weighted by Gasteiger charge is -2.05. The van der Waals surface area contributed by atoms with E-state index in [-0.39, 0.29) is 5.91 Å². The number of carbonyl (C=O) groups excluding carboxylic acids is 1. The highest BCUT2D eigenvalue weighted by molar-refractivity contribution is 9.10. The van der Waals surface area contributed by atoms with Crippen molar-refractivity contribution in [2.24, 2.45) is 0 Å². The lowest BCUT2D eigenvalue weighted by Crippen LogP contribution is -2.15. The van der Waals surface area contributed by atoms with E-state index in [9.17, 15) is 4.79 Å². The summed E-state index contributed by atoms with van der Waals surface area (Å²) in [6.45, 7) is 2.08. The fourth-order valence-electron chi connectivity index (χ4n) is 2.01. The molecule has 0 atom stereocenters. The number of hydrogen-bond donors (Lipinski definition) is 1. The number of nitrogens with zero attached hydrogens (tertiary/aromatic N) is 3. The molecule has 1 aromatic carbocycles. The van der Waals surface area contributed by atoms with Gasteiger partial charge in [-0.3, -0.25) is 10.1 Å². The van der Waals surface area contributed by atoms with E-state index in [2.05, 4.69) is 43.1 Å². The number of aromatic nitrogens is 3. The minimum Gasteiger partial charge on any atom is -0.497 e. The summed E-state index contributed by atoms with van der Waals surface area (Å²) in [7, 11) is 1.62. The third kappa shape index (κ3) is 4.28. The first kappa shape index (κ1) is 18.1. The minimum atomic E-state index is -0.321. The zero-order chi connectivity index (χ0) is 17.8. The maximum absolute atomic E-state index is 12.6. The Morgan fingerprint density at radius 1 is 1.40 bits per heavy atom. The number of rotatable bonds is 6. The van der Waals surface area contributed by atoms with E-state index in [0.717, 1.165) is 28.1 Å². The Kier molecular flexibility index (Phi) is 5.87. The van der Waals surface area contributed by atoms with E-state index in [4.69, 9.17) is 4.74 Å². The Labute approximate surface area is 161 Å². The van der Waals surface area contributed by atoms with E-state index >= 15 is 0 Å². The molecule has 1 N–H and O–H groups in total. The van der Waals surface area contributed by atoms with E-state index in [1.54, 1.807) is 13.3 Å². The van der Waals surface area contributed by atoms with Crippen LogP contribution < -0.4 is 10.1 Å². The molecule has 9 heteroatoms. The van der Waals surface area contributed by atoms with Gasteiger partial charge in [0.05, 0.1) is 21.8 Å². The van der Waals surface area contributed by atoms with E-state index in [0.29, 0.717) is 20.5 Å². The predicted octanol–water partition coefficient (Wildman–Crippen LogP) is 4.61. The fourth-order valence-corrected chi connectivity index (χ4v) is 3.95. The maximum Gasteiger partial charge on any atom is 0.277 e. The molecule has 0 aliphatic heterocycles. The molecular weight excluding hydrogens is 424 g/mol. The molecule has 130 valence electrons. The average molecular weight is 439 g/mol. The molecule has 3 rings (SSSR count). The van der Waals surface area contributed by atoms with Gasteiger partial charge >= 0.3 is 0 Å². The summed E-state index contributed by atoms with van der Waals surface area (Å²) in [5.74, 6) is 1.34. The van der Waals surface area contributed by atoms with Gasteiger partial charge in [-0.05, 0) is 40.5 Å². The molecule has 2 heterocycles. The molecule has 25 heavy (non-hydrogen) atoms. The summed E-state index contributed by atoms with van der Waals surface area (Å²) >= 11 is 6.25. The zero-order valence-corrected chi connectivity index (χ0v) is 16.8. The van der Waals surface area contributed by atoms with Gasteiger partial charge in [0, 0.05) is 11.9 Å². The van der Waals surface area contributed by atoms with Gasteiger partial charge < -0.3 is 4.74 Å². The number of thiazole rings is 1. The van der Waals surface area contributed by atoms with E-state index in [1.807, 2.05) is 18.2 Å². The number of anilines is 1. The van der Waals surface area contributed by atoms with Gasteiger partial charge in [0.25, 0.3) is 5.91 Å². The standard InChI is InChI=1S/C16H15BrN4O2S2/c1-3-6-24-15-18-8-10(17)13(20-15)14(22)21-16-19-11-5-4-9(23-2)7-12(11)25-16/h4-5,7-8H,3,6H2,1-2H3,(H,19,21,22). The van der Waals surface area contributed by atoms with Crippen LogP contribution >= 0.6 is 39.0 Å². The number of amides is 1. The summed E-state index contributed by atoms with van der Waals surface area (Å²) in [5, 5.41) is 3.91. The molecule has 6 nitrogen and oxygen atoms in total. The van der Waals surface area contributed by atoms with Crippen molar-refractivity contribution in [1.29, 1.82) is 0 Å². The maximum atomic E-state index is 12.6. The van der Waals surface area contributed by atoms with Crippen LogP contribution in [0.5, 0.6) is 5.75 Å². The number of halogens is 1.